The van der Waals surface area contributed by atoms with Crippen LogP contribution < -0.4 is 5.32 Å². The van der Waals surface area contributed by atoms with E-state index in [0.717, 1.165) is 0 Å². The summed E-state index contributed by atoms with van der Waals surface area (Å²) in [5, 5.41) is 12.3. The summed E-state index contributed by atoms with van der Waals surface area (Å²) in [7, 11) is 0. The number of nitrogens with one attached hydrogen (secondary N) is 1. The maximum atomic E-state index is 11.9. The highest BCUT2D eigenvalue weighted by molar-refractivity contribution is 9.10. The lowest BCUT2D eigenvalue weighted by Crippen LogP contribution is -2.13. The van der Waals surface area contributed by atoms with Gasteiger partial charge in [-0.25, -0.2) is 9.97 Å². The summed E-state index contributed by atoms with van der Waals surface area (Å²) in [6.07, 6.45) is 1.23. The van der Waals surface area contributed by atoms with Crippen molar-refractivity contribution in [2.75, 3.05) is 5.32 Å². The Hall–Kier alpha value is -1.66. The Morgan fingerprint density at radius 2 is 2.11 bits per heavy atom. The average Bonchev–Trinajstić information content (AvgIpc) is 2.32. The molecule has 0 aliphatic rings. The fraction of sp³-hybridized carbons (Fsp3) is 0. The zero-order valence-electron chi connectivity index (χ0n) is 8.89. The number of phenolic OH excluding ortho intramolecular Hbond substituents is 1. The molecule has 0 saturated carbocycles. The van der Waals surface area contributed by atoms with Crippen molar-refractivity contribution < 1.29 is 9.90 Å². The Bertz CT molecular complexity index is 607. The second kappa shape index (κ2) is 5.32. The lowest BCUT2D eigenvalue weighted by Gasteiger charge is -2.06. The van der Waals surface area contributed by atoms with Crippen LogP contribution in [-0.2, 0) is 0 Å². The largest absolute Gasteiger partial charge is 0.507 e. The van der Waals surface area contributed by atoms with Gasteiger partial charge in [0, 0.05) is 10.5 Å². The van der Waals surface area contributed by atoms with E-state index in [1.54, 1.807) is 6.07 Å². The minimum Gasteiger partial charge on any atom is -0.507 e. The molecule has 1 heterocycles. The van der Waals surface area contributed by atoms with Crippen molar-refractivity contribution in [3.63, 3.8) is 0 Å². The summed E-state index contributed by atoms with van der Waals surface area (Å²) in [6.45, 7) is 0. The molecular weight excluding hydrogens is 321 g/mol. The van der Waals surface area contributed by atoms with E-state index < -0.39 is 5.91 Å². The lowest BCUT2D eigenvalue weighted by molar-refractivity contribution is 0.102. The van der Waals surface area contributed by atoms with Crippen LogP contribution in [0.4, 0.5) is 5.82 Å². The van der Waals surface area contributed by atoms with Crippen molar-refractivity contribution in [1.82, 2.24) is 9.97 Å². The molecule has 0 bridgehead atoms. The third kappa shape index (κ3) is 2.96. The summed E-state index contributed by atoms with van der Waals surface area (Å²) in [4.78, 5) is 19.4. The molecule has 2 rings (SSSR count). The molecule has 0 aliphatic carbocycles. The summed E-state index contributed by atoms with van der Waals surface area (Å²) < 4.78 is 0.686. The second-order valence-electron chi connectivity index (χ2n) is 3.34. The van der Waals surface area contributed by atoms with Crippen LogP contribution in [0.25, 0.3) is 0 Å². The Morgan fingerprint density at radius 1 is 1.33 bits per heavy atom. The lowest BCUT2D eigenvalue weighted by atomic mass is 10.2. The molecule has 0 radical (unpaired) electrons. The highest BCUT2D eigenvalue weighted by Gasteiger charge is 2.12. The van der Waals surface area contributed by atoms with Gasteiger partial charge in [0.15, 0.2) is 0 Å². The maximum absolute atomic E-state index is 11.9. The van der Waals surface area contributed by atoms with Crippen molar-refractivity contribution in [3.8, 4) is 5.75 Å². The van der Waals surface area contributed by atoms with Crippen LogP contribution >= 0.6 is 27.5 Å². The minimum absolute atomic E-state index is 0.115. The number of rotatable bonds is 2. The van der Waals surface area contributed by atoms with E-state index in [1.807, 2.05) is 0 Å². The van der Waals surface area contributed by atoms with E-state index in [4.69, 9.17) is 11.6 Å². The molecule has 0 atom stereocenters. The molecule has 2 N–H and O–H groups in total. The van der Waals surface area contributed by atoms with E-state index in [1.165, 1.54) is 24.5 Å². The number of carbonyl (C=O) groups is 1. The molecule has 0 saturated heterocycles. The van der Waals surface area contributed by atoms with Gasteiger partial charge in [0.25, 0.3) is 5.91 Å². The Balaban J connectivity index is 2.24. The van der Waals surface area contributed by atoms with Gasteiger partial charge < -0.3 is 10.4 Å². The van der Waals surface area contributed by atoms with Crippen LogP contribution in [-0.4, -0.2) is 21.0 Å². The summed E-state index contributed by atoms with van der Waals surface area (Å²) in [5.41, 5.74) is 0.138. The zero-order valence-corrected chi connectivity index (χ0v) is 11.2. The van der Waals surface area contributed by atoms with Gasteiger partial charge in [-0.3, -0.25) is 4.79 Å². The van der Waals surface area contributed by atoms with E-state index >= 15 is 0 Å². The van der Waals surface area contributed by atoms with Crippen LogP contribution in [0.3, 0.4) is 0 Å². The first-order chi connectivity index (χ1) is 8.56. The number of aromatic hydroxyl groups is 1. The molecule has 1 aromatic heterocycles. The van der Waals surface area contributed by atoms with E-state index in [9.17, 15) is 9.90 Å². The normalized spacial score (nSPS) is 10.1. The van der Waals surface area contributed by atoms with Gasteiger partial charge in [-0.15, -0.1) is 0 Å². The highest BCUT2D eigenvalue weighted by atomic mass is 79.9. The molecule has 18 heavy (non-hydrogen) atoms. The number of hydrogen-bond donors (Lipinski definition) is 2. The first-order valence-corrected chi connectivity index (χ1v) is 6.01. The fourth-order valence-corrected chi connectivity index (χ4v) is 1.78. The van der Waals surface area contributed by atoms with Crippen LogP contribution in [0, 0.1) is 0 Å². The number of phenols is 1. The Kier molecular flexibility index (Phi) is 3.78. The van der Waals surface area contributed by atoms with Gasteiger partial charge in [0.2, 0.25) is 0 Å². The zero-order chi connectivity index (χ0) is 13.1. The molecular formula is C11H7BrClN3O2. The molecule has 92 valence electrons. The van der Waals surface area contributed by atoms with Crippen LogP contribution in [0.1, 0.15) is 10.4 Å². The molecule has 0 aliphatic heterocycles. The average molecular weight is 329 g/mol. The Labute approximate surface area is 116 Å². The maximum Gasteiger partial charge on any atom is 0.260 e. The van der Waals surface area contributed by atoms with Crippen molar-refractivity contribution in [1.29, 1.82) is 0 Å². The van der Waals surface area contributed by atoms with Crippen LogP contribution in [0.5, 0.6) is 5.75 Å². The van der Waals surface area contributed by atoms with Gasteiger partial charge in [0.05, 0.1) is 5.56 Å². The van der Waals surface area contributed by atoms with Crippen molar-refractivity contribution >= 4 is 39.3 Å². The number of carbonyl (C=O) groups excluding carboxylic acids is 1. The topological polar surface area (TPSA) is 75.1 Å². The second-order valence-corrected chi connectivity index (χ2v) is 4.64. The molecule has 0 spiro atoms. The molecule has 5 nitrogen and oxygen atoms in total. The molecule has 2 aromatic rings. The standard InChI is InChI=1S/C11H7BrClN3O2/c12-6-1-2-8(17)7(3-6)11(18)16-10-4-9(13)14-5-15-10/h1-5,17H,(H,14,15,16,18). The molecule has 0 unspecified atom stereocenters. The van der Waals surface area contributed by atoms with Crippen molar-refractivity contribution in [3.05, 3.63) is 45.8 Å². The van der Waals surface area contributed by atoms with Crippen molar-refractivity contribution in [2.45, 2.75) is 0 Å². The van der Waals surface area contributed by atoms with Gasteiger partial charge in [0.1, 0.15) is 23.0 Å². The van der Waals surface area contributed by atoms with E-state index in [-0.39, 0.29) is 22.3 Å². The third-order valence-corrected chi connectivity index (χ3v) is 2.78. The van der Waals surface area contributed by atoms with Gasteiger partial charge in [-0.1, -0.05) is 27.5 Å². The van der Waals surface area contributed by atoms with Gasteiger partial charge >= 0.3 is 0 Å². The number of hydrogen-bond acceptors (Lipinski definition) is 4. The quantitative estimate of drug-likeness (QED) is 0.831. The van der Waals surface area contributed by atoms with E-state index in [0.29, 0.717) is 4.47 Å². The number of nitrogens with zero attached hydrogens (tertiary/aromatic N) is 2. The van der Waals surface area contributed by atoms with Crippen LogP contribution in [0.15, 0.2) is 35.1 Å². The van der Waals surface area contributed by atoms with E-state index in [2.05, 4.69) is 31.2 Å². The first kappa shape index (κ1) is 12.8. The highest BCUT2D eigenvalue weighted by Crippen LogP contribution is 2.22. The predicted octanol–water partition coefficient (Wildman–Crippen LogP) is 2.85. The molecule has 1 aromatic carbocycles. The minimum atomic E-state index is -0.483. The SMILES string of the molecule is O=C(Nc1cc(Cl)ncn1)c1cc(Br)ccc1O. The van der Waals surface area contributed by atoms with Gasteiger partial charge in [-0.05, 0) is 18.2 Å². The summed E-state index contributed by atoms with van der Waals surface area (Å²) in [5.74, 6) is -0.334. The van der Waals surface area contributed by atoms with Crippen molar-refractivity contribution in [2.24, 2.45) is 0 Å². The van der Waals surface area contributed by atoms with Gasteiger partial charge in [-0.2, -0.15) is 0 Å². The molecule has 1 amide bonds. The summed E-state index contributed by atoms with van der Waals surface area (Å²) >= 11 is 8.90. The number of amides is 1. The smallest absolute Gasteiger partial charge is 0.260 e. The number of benzene rings is 1. The predicted molar refractivity (Wildman–Crippen MR) is 70.8 cm³/mol. The molecule has 0 fully saturated rings. The number of anilines is 1. The number of aromatic nitrogens is 2. The third-order valence-electron chi connectivity index (χ3n) is 2.08. The number of halogens is 2. The monoisotopic (exact) mass is 327 g/mol. The first-order valence-electron chi connectivity index (χ1n) is 4.83. The Morgan fingerprint density at radius 3 is 2.83 bits per heavy atom. The molecule has 7 heteroatoms. The van der Waals surface area contributed by atoms with Crippen LogP contribution in [0.2, 0.25) is 5.15 Å². The summed E-state index contributed by atoms with van der Waals surface area (Å²) in [6, 6.07) is 5.97. The fourth-order valence-electron chi connectivity index (χ4n) is 1.28.